The molecule has 0 saturated heterocycles. The lowest BCUT2D eigenvalue weighted by Crippen LogP contribution is -2.39. The Morgan fingerprint density at radius 1 is 1.32 bits per heavy atom. The highest BCUT2D eigenvalue weighted by molar-refractivity contribution is 5.73. The molecular weight excluding hydrogens is 244 g/mol. The second kappa shape index (κ2) is 9.35. The summed E-state index contributed by atoms with van der Waals surface area (Å²) < 4.78 is 4.85. The number of urea groups is 1. The Bertz CT molecular complexity index is 357. The molecule has 1 unspecified atom stereocenters. The van der Waals surface area contributed by atoms with Gasteiger partial charge in [-0.1, -0.05) is 30.3 Å². The van der Waals surface area contributed by atoms with E-state index in [4.69, 9.17) is 9.84 Å². The van der Waals surface area contributed by atoms with Crippen LogP contribution in [0.15, 0.2) is 30.3 Å². The highest BCUT2D eigenvalue weighted by Crippen LogP contribution is 2.17. The van der Waals surface area contributed by atoms with Gasteiger partial charge in [-0.2, -0.15) is 0 Å². The fourth-order valence-electron chi connectivity index (χ4n) is 1.81. The number of hydrogen-bond acceptors (Lipinski definition) is 3. The minimum atomic E-state index is -0.212. The topological polar surface area (TPSA) is 70.6 Å². The van der Waals surface area contributed by atoms with E-state index in [0.29, 0.717) is 26.1 Å². The highest BCUT2D eigenvalue weighted by Gasteiger charge is 2.11. The molecule has 0 bridgehead atoms. The average Bonchev–Trinajstić information content (AvgIpc) is 2.44. The van der Waals surface area contributed by atoms with E-state index >= 15 is 0 Å². The van der Waals surface area contributed by atoms with Gasteiger partial charge in [0.05, 0.1) is 6.61 Å². The van der Waals surface area contributed by atoms with Crippen LogP contribution in [0, 0.1) is 0 Å². The van der Waals surface area contributed by atoms with Crippen LogP contribution in [0.3, 0.4) is 0 Å². The quantitative estimate of drug-likeness (QED) is 0.617. The third-order valence-corrected chi connectivity index (χ3v) is 2.85. The van der Waals surface area contributed by atoms with E-state index in [2.05, 4.69) is 10.6 Å². The van der Waals surface area contributed by atoms with Crippen molar-refractivity contribution >= 4 is 6.03 Å². The first kappa shape index (κ1) is 15.5. The van der Waals surface area contributed by atoms with E-state index in [0.717, 1.165) is 5.56 Å². The smallest absolute Gasteiger partial charge is 0.314 e. The Labute approximate surface area is 114 Å². The van der Waals surface area contributed by atoms with Crippen LogP contribution in [0.1, 0.15) is 17.9 Å². The van der Waals surface area contributed by atoms with Gasteiger partial charge in [-0.05, 0) is 12.0 Å². The van der Waals surface area contributed by atoms with Crippen LogP contribution in [0.25, 0.3) is 0 Å². The van der Waals surface area contributed by atoms with Crippen molar-refractivity contribution in [3.63, 3.8) is 0 Å². The van der Waals surface area contributed by atoms with E-state index in [1.165, 1.54) is 0 Å². The predicted molar refractivity (Wildman–Crippen MR) is 74.2 cm³/mol. The van der Waals surface area contributed by atoms with Gasteiger partial charge in [0, 0.05) is 32.7 Å². The SMILES string of the molecule is COCCNC(=O)NCC(CCO)c1ccccc1. The molecule has 0 aromatic heterocycles. The van der Waals surface area contributed by atoms with Crippen molar-refractivity contribution in [3.05, 3.63) is 35.9 Å². The summed E-state index contributed by atoms with van der Waals surface area (Å²) in [4.78, 5) is 11.5. The number of rotatable bonds is 8. The molecule has 0 fully saturated rings. The Morgan fingerprint density at radius 3 is 2.68 bits per heavy atom. The van der Waals surface area contributed by atoms with Crippen LogP contribution >= 0.6 is 0 Å². The average molecular weight is 266 g/mol. The molecule has 1 atom stereocenters. The summed E-state index contributed by atoms with van der Waals surface area (Å²) in [5, 5.41) is 14.6. The number of aliphatic hydroxyl groups is 1. The third kappa shape index (κ3) is 6.22. The van der Waals surface area contributed by atoms with E-state index in [1.54, 1.807) is 7.11 Å². The van der Waals surface area contributed by atoms with Crippen molar-refractivity contribution in [1.29, 1.82) is 0 Å². The zero-order chi connectivity index (χ0) is 13.9. The molecule has 0 saturated carbocycles. The number of nitrogens with one attached hydrogen (secondary N) is 2. The number of aliphatic hydroxyl groups excluding tert-OH is 1. The van der Waals surface area contributed by atoms with Crippen molar-refractivity contribution in [1.82, 2.24) is 10.6 Å². The number of methoxy groups -OCH3 is 1. The molecule has 19 heavy (non-hydrogen) atoms. The molecule has 2 amide bonds. The van der Waals surface area contributed by atoms with Crippen LogP contribution in [0.4, 0.5) is 4.79 Å². The summed E-state index contributed by atoms with van der Waals surface area (Å²) in [6.07, 6.45) is 0.627. The third-order valence-electron chi connectivity index (χ3n) is 2.85. The van der Waals surface area contributed by atoms with Crippen LogP contribution in [0.2, 0.25) is 0 Å². The van der Waals surface area contributed by atoms with Crippen LogP contribution in [-0.2, 0) is 4.74 Å². The maximum atomic E-state index is 11.5. The zero-order valence-electron chi connectivity index (χ0n) is 11.3. The number of hydrogen-bond donors (Lipinski definition) is 3. The molecule has 0 aliphatic carbocycles. The van der Waals surface area contributed by atoms with Gasteiger partial charge in [-0.25, -0.2) is 4.79 Å². The lowest BCUT2D eigenvalue weighted by molar-refractivity contribution is 0.195. The first-order chi connectivity index (χ1) is 9.27. The molecule has 5 nitrogen and oxygen atoms in total. The number of amides is 2. The maximum absolute atomic E-state index is 11.5. The van der Waals surface area contributed by atoms with Gasteiger partial charge in [0.1, 0.15) is 0 Å². The fourth-order valence-corrected chi connectivity index (χ4v) is 1.81. The molecule has 0 aliphatic heterocycles. The summed E-state index contributed by atoms with van der Waals surface area (Å²) in [5.41, 5.74) is 1.12. The first-order valence-corrected chi connectivity index (χ1v) is 6.44. The van der Waals surface area contributed by atoms with E-state index < -0.39 is 0 Å². The number of ether oxygens (including phenoxy) is 1. The van der Waals surface area contributed by atoms with Crippen molar-refractivity contribution < 1.29 is 14.6 Å². The van der Waals surface area contributed by atoms with Gasteiger partial charge < -0.3 is 20.5 Å². The Hall–Kier alpha value is -1.59. The van der Waals surface area contributed by atoms with Gasteiger partial charge in [0.15, 0.2) is 0 Å². The predicted octanol–water partition coefficient (Wildman–Crippen LogP) is 1.10. The summed E-state index contributed by atoms with van der Waals surface area (Å²) in [7, 11) is 1.59. The number of carbonyl (C=O) groups is 1. The van der Waals surface area contributed by atoms with Gasteiger partial charge >= 0.3 is 6.03 Å². The van der Waals surface area contributed by atoms with Gasteiger partial charge in [-0.15, -0.1) is 0 Å². The van der Waals surface area contributed by atoms with E-state index in [9.17, 15) is 4.79 Å². The van der Waals surface area contributed by atoms with E-state index in [-0.39, 0.29) is 18.6 Å². The minimum Gasteiger partial charge on any atom is -0.396 e. The molecule has 5 heteroatoms. The van der Waals surface area contributed by atoms with Gasteiger partial charge in [0.25, 0.3) is 0 Å². The normalized spacial score (nSPS) is 11.9. The van der Waals surface area contributed by atoms with Crippen LogP contribution in [0.5, 0.6) is 0 Å². The Balaban J connectivity index is 2.40. The lowest BCUT2D eigenvalue weighted by Gasteiger charge is -2.17. The van der Waals surface area contributed by atoms with Gasteiger partial charge in [0.2, 0.25) is 0 Å². The second-order valence-electron chi connectivity index (χ2n) is 4.25. The van der Waals surface area contributed by atoms with E-state index in [1.807, 2.05) is 30.3 Å². The molecule has 1 aromatic carbocycles. The Kier molecular flexibility index (Phi) is 7.62. The number of benzene rings is 1. The molecule has 0 spiro atoms. The summed E-state index contributed by atoms with van der Waals surface area (Å²) in [5.74, 6) is 0.124. The van der Waals surface area contributed by atoms with Crippen molar-refractivity contribution in [2.45, 2.75) is 12.3 Å². The van der Waals surface area contributed by atoms with Crippen molar-refractivity contribution in [2.24, 2.45) is 0 Å². The lowest BCUT2D eigenvalue weighted by atomic mass is 9.96. The highest BCUT2D eigenvalue weighted by atomic mass is 16.5. The molecular formula is C14H22N2O3. The zero-order valence-corrected chi connectivity index (χ0v) is 11.3. The van der Waals surface area contributed by atoms with Gasteiger partial charge in [-0.3, -0.25) is 0 Å². The molecule has 0 heterocycles. The minimum absolute atomic E-state index is 0.104. The Morgan fingerprint density at radius 2 is 2.05 bits per heavy atom. The largest absolute Gasteiger partial charge is 0.396 e. The van der Waals surface area contributed by atoms with Crippen LogP contribution in [-0.4, -0.2) is 44.6 Å². The number of carbonyl (C=O) groups excluding carboxylic acids is 1. The molecule has 106 valence electrons. The monoisotopic (exact) mass is 266 g/mol. The fraction of sp³-hybridized carbons (Fsp3) is 0.500. The standard InChI is InChI=1S/C14H22N2O3/c1-19-10-8-15-14(18)16-11-13(7-9-17)12-5-3-2-4-6-12/h2-6,13,17H,7-11H2,1H3,(H2,15,16,18). The molecule has 0 radical (unpaired) electrons. The second-order valence-corrected chi connectivity index (χ2v) is 4.25. The summed E-state index contributed by atoms with van der Waals surface area (Å²) in [6.45, 7) is 1.58. The summed E-state index contributed by atoms with van der Waals surface area (Å²) in [6, 6.07) is 9.66. The molecule has 3 N–H and O–H groups in total. The molecule has 1 aromatic rings. The van der Waals surface area contributed by atoms with Crippen LogP contribution < -0.4 is 10.6 Å². The molecule has 0 aliphatic rings. The van der Waals surface area contributed by atoms with Crippen molar-refractivity contribution in [3.8, 4) is 0 Å². The summed E-state index contributed by atoms with van der Waals surface area (Å²) >= 11 is 0. The van der Waals surface area contributed by atoms with Crippen molar-refractivity contribution in [2.75, 3.05) is 33.4 Å². The first-order valence-electron chi connectivity index (χ1n) is 6.44. The maximum Gasteiger partial charge on any atom is 0.314 e. The molecule has 1 rings (SSSR count).